The lowest BCUT2D eigenvalue weighted by Crippen LogP contribution is -2.47. The largest absolute Gasteiger partial charge is 0.497 e. The minimum absolute atomic E-state index is 0.0512. The molecule has 1 aliphatic rings. The smallest absolute Gasteiger partial charge is 0.123 e. The molecular weight excluding hydrogens is 316 g/mol. The normalized spacial score (nSPS) is 16.6. The lowest BCUT2D eigenvalue weighted by molar-refractivity contribution is 0.117. The van der Waals surface area contributed by atoms with Crippen LogP contribution in [0.5, 0.6) is 11.5 Å². The predicted molar refractivity (Wildman–Crippen MR) is 95.2 cm³/mol. The van der Waals surface area contributed by atoms with Crippen molar-refractivity contribution in [2.75, 3.05) is 46.9 Å². The van der Waals surface area contributed by atoms with E-state index in [2.05, 4.69) is 21.9 Å². The van der Waals surface area contributed by atoms with Crippen LogP contribution in [0.15, 0.2) is 18.2 Å². The molecule has 0 aromatic heterocycles. The number of hydrogen-bond donors (Lipinski definition) is 0. The zero-order valence-electron chi connectivity index (χ0n) is 15.1. The number of benzene rings is 1. The van der Waals surface area contributed by atoms with Crippen LogP contribution in [0.3, 0.4) is 0 Å². The molecule has 0 amide bonds. The average Bonchev–Trinajstić information content (AvgIpc) is 2.66. The van der Waals surface area contributed by atoms with E-state index >= 15 is 0 Å². The Labute approximate surface area is 150 Å². The Kier molecular flexibility index (Phi) is 7.53. The van der Waals surface area contributed by atoms with Gasteiger partial charge in [0.25, 0.3) is 0 Å². The van der Waals surface area contributed by atoms with E-state index in [1.165, 1.54) is 0 Å². The summed E-state index contributed by atoms with van der Waals surface area (Å²) in [7, 11) is 3.36. The van der Waals surface area contributed by atoms with E-state index in [0.717, 1.165) is 56.3 Å². The summed E-state index contributed by atoms with van der Waals surface area (Å²) in [5.41, 5.74) is 1.12. The minimum atomic E-state index is -0.0512. The van der Waals surface area contributed by atoms with Crippen molar-refractivity contribution >= 4 is 0 Å². The first-order valence-electron chi connectivity index (χ1n) is 8.62. The maximum absolute atomic E-state index is 9.21. The monoisotopic (exact) mass is 342 g/mol. The standard InChI is InChI=1S/C19H26N4O2/c1-24-18-5-6-19(25-2)17(12-18)15-23-10-8-22(9-11-23)14-16(13-21)4-3-7-20/h5-6,12,16H,3-4,8-11,14-15H2,1-2H3/t16-/m1/s1. The van der Waals surface area contributed by atoms with Crippen LogP contribution in [-0.2, 0) is 6.54 Å². The molecule has 6 heteroatoms. The fourth-order valence-electron chi connectivity index (χ4n) is 3.12. The van der Waals surface area contributed by atoms with Crippen LogP contribution in [0.1, 0.15) is 18.4 Å². The molecule has 0 radical (unpaired) electrons. The van der Waals surface area contributed by atoms with Gasteiger partial charge in [-0.2, -0.15) is 10.5 Å². The third-order valence-electron chi connectivity index (χ3n) is 4.61. The highest BCUT2D eigenvalue weighted by molar-refractivity contribution is 5.40. The van der Waals surface area contributed by atoms with Crippen LogP contribution in [0, 0.1) is 28.6 Å². The first kappa shape index (κ1) is 19.1. The van der Waals surface area contributed by atoms with E-state index in [4.69, 9.17) is 14.7 Å². The van der Waals surface area contributed by atoms with Crippen LogP contribution < -0.4 is 9.47 Å². The van der Waals surface area contributed by atoms with Crippen LogP contribution in [-0.4, -0.2) is 56.7 Å². The van der Waals surface area contributed by atoms with Crippen LogP contribution in [0.4, 0.5) is 0 Å². The van der Waals surface area contributed by atoms with Gasteiger partial charge in [-0.15, -0.1) is 0 Å². The molecule has 1 aromatic rings. The second-order valence-electron chi connectivity index (χ2n) is 6.28. The van der Waals surface area contributed by atoms with Crippen molar-refractivity contribution in [2.24, 2.45) is 5.92 Å². The van der Waals surface area contributed by atoms with Gasteiger partial charge in [-0.3, -0.25) is 9.80 Å². The molecule has 0 aliphatic carbocycles. The van der Waals surface area contributed by atoms with Gasteiger partial charge in [0.1, 0.15) is 11.5 Å². The number of hydrogen-bond acceptors (Lipinski definition) is 6. The quantitative estimate of drug-likeness (QED) is 0.721. The Hall–Kier alpha value is -2.28. The fraction of sp³-hybridized carbons (Fsp3) is 0.579. The average molecular weight is 342 g/mol. The molecule has 2 rings (SSSR count). The molecule has 1 atom stereocenters. The summed E-state index contributed by atoms with van der Waals surface area (Å²) in [5, 5.41) is 17.9. The summed E-state index contributed by atoms with van der Waals surface area (Å²) in [6.07, 6.45) is 1.11. The highest BCUT2D eigenvalue weighted by Gasteiger charge is 2.21. The van der Waals surface area contributed by atoms with Gasteiger partial charge < -0.3 is 9.47 Å². The molecule has 134 valence electrons. The third kappa shape index (κ3) is 5.63. The molecule has 1 aliphatic heterocycles. The highest BCUT2D eigenvalue weighted by Crippen LogP contribution is 2.25. The van der Waals surface area contributed by atoms with E-state index < -0.39 is 0 Å². The van der Waals surface area contributed by atoms with E-state index in [9.17, 15) is 5.26 Å². The summed E-state index contributed by atoms with van der Waals surface area (Å²) in [5.74, 6) is 1.66. The number of methoxy groups -OCH3 is 2. The topological polar surface area (TPSA) is 72.5 Å². The molecule has 0 bridgehead atoms. The number of nitrogens with zero attached hydrogens (tertiary/aromatic N) is 4. The number of piperazine rings is 1. The first-order chi connectivity index (χ1) is 12.2. The summed E-state index contributed by atoms with van der Waals surface area (Å²) in [6.45, 7) is 5.38. The highest BCUT2D eigenvalue weighted by atomic mass is 16.5. The SMILES string of the molecule is COc1ccc(OC)c(CN2CCN(C[C@@H](C#N)CCC#N)CC2)c1. The summed E-state index contributed by atoms with van der Waals surface area (Å²) in [4.78, 5) is 4.72. The molecule has 0 saturated carbocycles. The summed E-state index contributed by atoms with van der Waals surface area (Å²) >= 11 is 0. The molecule has 1 heterocycles. The molecule has 0 spiro atoms. The van der Waals surface area contributed by atoms with Gasteiger partial charge in [-0.05, 0) is 24.6 Å². The first-order valence-corrected chi connectivity index (χ1v) is 8.62. The number of ether oxygens (including phenoxy) is 2. The predicted octanol–water partition coefficient (Wildman–Crippen LogP) is 2.26. The molecular formula is C19H26N4O2. The van der Waals surface area contributed by atoms with E-state index in [1.54, 1.807) is 14.2 Å². The molecule has 1 saturated heterocycles. The van der Waals surface area contributed by atoms with Crippen molar-refractivity contribution in [3.05, 3.63) is 23.8 Å². The van der Waals surface area contributed by atoms with Crippen molar-refractivity contribution in [2.45, 2.75) is 19.4 Å². The Balaban J connectivity index is 1.86. The summed E-state index contributed by atoms with van der Waals surface area (Å²) in [6, 6.07) is 10.3. The van der Waals surface area contributed by atoms with E-state index in [-0.39, 0.29) is 5.92 Å². The minimum Gasteiger partial charge on any atom is -0.497 e. The molecule has 1 fully saturated rings. The maximum Gasteiger partial charge on any atom is 0.123 e. The van der Waals surface area contributed by atoms with Crippen molar-refractivity contribution < 1.29 is 9.47 Å². The number of rotatable bonds is 8. The van der Waals surface area contributed by atoms with Gasteiger partial charge in [-0.1, -0.05) is 0 Å². The zero-order chi connectivity index (χ0) is 18.1. The van der Waals surface area contributed by atoms with Crippen molar-refractivity contribution in [3.63, 3.8) is 0 Å². The van der Waals surface area contributed by atoms with Gasteiger partial charge in [-0.25, -0.2) is 0 Å². The maximum atomic E-state index is 9.21. The Morgan fingerprint density at radius 1 is 1.08 bits per heavy atom. The lowest BCUT2D eigenvalue weighted by Gasteiger charge is -2.35. The molecule has 6 nitrogen and oxygen atoms in total. The van der Waals surface area contributed by atoms with E-state index in [0.29, 0.717) is 12.8 Å². The third-order valence-corrected chi connectivity index (χ3v) is 4.61. The van der Waals surface area contributed by atoms with Gasteiger partial charge in [0.15, 0.2) is 0 Å². The van der Waals surface area contributed by atoms with Gasteiger partial charge in [0.05, 0.1) is 32.3 Å². The van der Waals surface area contributed by atoms with Crippen molar-refractivity contribution in [3.8, 4) is 23.6 Å². The van der Waals surface area contributed by atoms with Crippen LogP contribution in [0.25, 0.3) is 0 Å². The molecule has 0 unspecified atom stereocenters. The van der Waals surface area contributed by atoms with Gasteiger partial charge in [0.2, 0.25) is 0 Å². The Morgan fingerprint density at radius 2 is 1.80 bits per heavy atom. The second kappa shape index (κ2) is 9.88. The molecule has 0 N–H and O–H groups in total. The zero-order valence-corrected chi connectivity index (χ0v) is 15.1. The summed E-state index contributed by atoms with van der Waals surface area (Å²) < 4.78 is 10.8. The van der Waals surface area contributed by atoms with Crippen LogP contribution in [0.2, 0.25) is 0 Å². The Bertz CT molecular complexity index is 627. The van der Waals surface area contributed by atoms with Gasteiger partial charge >= 0.3 is 0 Å². The van der Waals surface area contributed by atoms with E-state index in [1.807, 2.05) is 18.2 Å². The molecule has 25 heavy (non-hydrogen) atoms. The fourth-order valence-corrected chi connectivity index (χ4v) is 3.12. The molecule has 1 aromatic carbocycles. The number of nitriles is 2. The second-order valence-corrected chi connectivity index (χ2v) is 6.28. The van der Waals surface area contributed by atoms with Crippen molar-refractivity contribution in [1.29, 1.82) is 10.5 Å². The Morgan fingerprint density at radius 3 is 2.40 bits per heavy atom. The van der Waals surface area contributed by atoms with Crippen LogP contribution >= 0.6 is 0 Å². The van der Waals surface area contributed by atoms with Gasteiger partial charge in [0, 0.05) is 51.3 Å². The van der Waals surface area contributed by atoms with Crippen molar-refractivity contribution in [1.82, 2.24) is 9.80 Å². The lowest BCUT2D eigenvalue weighted by atomic mass is 10.0.